The van der Waals surface area contributed by atoms with E-state index in [1.807, 2.05) is 105 Å². The van der Waals surface area contributed by atoms with Crippen LogP contribution in [-0.4, -0.2) is 81.4 Å². The van der Waals surface area contributed by atoms with Crippen LogP contribution in [0.15, 0.2) is 96.1 Å². The maximum atomic E-state index is 9.01. The van der Waals surface area contributed by atoms with Crippen LogP contribution in [0.2, 0.25) is 0 Å². The van der Waals surface area contributed by atoms with E-state index in [9.17, 15) is 0 Å². The van der Waals surface area contributed by atoms with Gasteiger partial charge in [-0.3, -0.25) is 0 Å². The molecule has 3 heterocycles. The van der Waals surface area contributed by atoms with Crippen LogP contribution in [0.4, 0.5) is 0 Å². The molecule has 0 N–H and O–H groups in total. The number of rotatable bonds is 17. The number of ether oxygens (including phenoxy) is 9. The van der Waals surface area contributed by atoms with Gasteiger partial charge in [-0.15, -0.1) is 0 Å². The molecule has 0 spiro atoms. The second-order valence-corrected chi connectivity index (χ2v) is 12.6. The Bertz CT molecular complexity index is 1490. The highest BCUT2D eigenvalue weighted by molar-refractivity contribution is 5.16. The lowest BCUT2D eigenvalue weighted by molar-refractivity contribution is -0.330. The summed E-state index contributed by atoms with van der Waals surface area (Å²) < 4.78 is 58.0. The van der Waals surface area contributed by atoms with E-state index in [1.165, 1.54) is 0 Å². The molecular weight excluding hydrogens is 642 g/mol. The number of methoxy groups -OCH3 is 1. The summed E-state index contributed by atoms with van der Waals surface area (Å²) in [5, 5.41) is 3.76. The second-order valence-electron chi connectivity index (χ2n) is 12.6. The average Bonchev–Trinajstić information content (AvgIpc) is 3.71. The first-order chi connectivity index (χ1) is 24.6. The van der Waals surface area contributed by atoms with Crippen LogP contribution in [0.5, 0.6) is 0 Å². The Morgan fingerprint density at radius 1 is 0.640 bits per heavy atom. The number of hydrogen-bond donors (Lipinski definition) is 0. The van der Waals surface area contributed by atoms with Gasteiger partial charge in [-0.2, -0.15) is 0 Å². The van der Waals surface area contributed by atoms with E-state index in [4.69, 9.17) is 48.2 Å². The number of nitrogens with zero attached hydrogens (tertiary/aromatic N) is 3. The van der Waals surface area contributed by atoms with E-state index < -0.39 is 61.1 Å². The molecule has 12 heteroatoms. The van der Waals surface area contributed by atoms with Crippen LogP contribution < -0.4 is 0 Å². The van der Waals surface area contributed by atoms with Crippen molar-refractivity contribution >= 4 is 0 Å². The lowest BCUT2D eigenvalue weighted by Gasteiger charge is -2.45. The Morgan fingerprint density at radius 2 is 1.14 bits per heavy atom. The fraction of sp³-hybridized carbons (Fsp3) is 0.526. The highest BCUT2D eigenvalue weighted by Crippen LogP contribution is 2.43. The molecule has 6 rings (SSSR count). The summed E-state index contributed by atoms with van der Waals surface area (Å²) in [6.45, 7) is 5.15. The third kappa shape index (κ3) is 8.72. The molecule has 0 amide bonds. The molecule has 9 atom stereocenters. The van der Waals surface area contributed by atoms with Gasteiger partial charge in [0.1, 0.15) is 36.6 Å². The molecule has 268 valence electrons. The third-order valence-electron chi connectivity index (χ3n) is 9.48. The lowest BCUT2D eigenvalue weighted by atomic mass is 9.97. The van der Waals surface area contributed by atoms with E-state index in [0.29, 0.717) is 32.7 Å². The van der Waals surface area contributed by atoms with Crippen molar-refractivity contribution in [2.45, 2.75) is 108 Å². The van der Waals surface area contributed by atoms with Crippen molar-refractivity contribution < 1.29 is 42.6 Å². The molecule has 3 aliphatic rings. The zero-order valence-electron chi connectivity index (χ0n) is 28.8. The van der Waals surface area contributed by atoms with Crippen molar-refractivity contribution in [3.63, 3.8) is 0 Å². The van der Waals surface area contributed by atoms with Gasteiger partial charge in [0.2, 0.25) is 0 Å². The van der Waals surface area contributed by atoms with Gasteiger partial charge in [0, 0.05) is 12.0 Å². The monoisotopic (exact) mass is 689 g/mol. The van der Waals surface area contributed by atoms with Gasteiger partial charge >= 0.3 is 0 Å². The van der Waals surface area contributed by atoms with Gasteiger partial charge in [0.15, 0.2) is 18.4 Å². The van der Waals surface area contributed by atoms with Gasteiger partial charge in [0.25, 0.3) is 0 Å². The normalized spacial score (nSPS) is 30.1. The Labute approximate surface area is 293 Å². The predicted molar refractivity (Wildman–Crippen MR) is 182 cm³/mol. The first-order valence-electron chi connectivity index (χ1n) is 17.3. The van der Waals surface area contributed by atoms with Gasteiger partial charge in [-0.05, 0) is 35.1 Å². The van der Waals surface area contributed by atoms with Crippen molar-refractivity contribution in [2.75, 3.05) is 20.3 Å². The molecule has 0 bridgehead atoms. The first kappa shape index (κ1) is 36.4. The SMILES string of the molecule is CCC1(CC)O[C@H]2[C@H](OC[C@H]3O[C@H](OC)[C@H](OCc4ccccc4)[C@@H](OCc4ccccc4)[C@@H]3OCc3ccccc3)O[C@H](CN=[N+]=[N-])[C@H]2O1. The minimum Gasteiger partial charge on any atom is -0.368 e. The molecule has 0 saturated carbocycles. The van der Waals surface area contributed by atoms with Crippen LogP contribution in [0.1, 0.15) is 43.4 Å². The molecule has 3 fully saturated rings. The predicted octanol–water partition coefficient (Wildman–Crippen LogP) is 6.47. The van der Waals surface area contributed by atoms with Gasteiger partial charge in [0.05, 0.1) is 39.1 Å². The number of benzene rings is 3. The highest BCUT2D eigenvalue weighted by Gasteiger charge is 2.58. The summed E-state index contributed by atoms with van der Waals surface area (Å²) in [5.41, 5.74) is 12.0. The Morgan fingerprint density at radius 3 is 1.66 bits per heavy atom. The van der Waals surface area contributed by atoms with Crippen LogP contribution in [0.25, 0.3) is 10.4 Å². The standard InChI is InChI=1S/C38H47N3O9/c1-4-38(5-2)49-32-29(21-40-41-39)47-37(35(32)50-38)46-25-30-31(43-22-26-15-9-6-10-16-26)33(44-23-27-17-11-7-12-18-27)34(36(42-3)48-30)45-24-28-19-13-8-14-20-28/h6-20,29-37H,4-5,21-25H2,1-3H3/t29-,30-,31-,32-,33+,34-,35-,36+,37-/m1/s1. The maximum absolute atomic E-state index is 9.01. The third-order valence-corrected chi connectivity index (χ3v) is 9.48. The largest absolute Gasteiger partial charge is 0.368 e. The topological polar surface area (TPSA) is 132 Å². The van der Waals surface area contributed by atoms with Crippen LogP contribution in [0, 0.1) is 0 Å². The molecule has 0 aliphatic carbocycles. The maximum Gasteiger partial charge on any atom is 0.187 e. The smallest absolute Gasteiger partial charge is 0.187 e. The minimum absolute atomic E-state index is 0.0622. The van der Waals surface area contributed by atoms with E-state index in [1.54, 1.807) is 7.11 Å². The molecule has 3 aromatic rings. The van der Waals surface area contributed by atoms with Crippen molar-refractivity contribution in [3.8, 4) is 0 Å². The number of hydrogen-bond acceptors (Lipinski definition) is 10. The summed E-state index contributed by atoms with van der Waals surface area (Å²) in [7, 11) is 1.59. The molecule has 50 heavy (non-hydrogen) atoms. The summed E-state index contributed by atoms with van der Waals surface area (Å²) in [5.74, 6) is -0.765. The van der Waals surface area contributed by atoms with E-state index >= 15 is 0 Å². The van der Waals surface area contributed by atoms with Crippen LogP contribution in [-0.2, 0) is 62.5 Å². The molecule has 0 aromatic heterocycles. The molecule has 3 aliphatic heterocycles. The van der Waals surface area contributed by atoms with Crippen LogP contribution >= 0.6 is 0 Å². The Kier molecular flexibility index (Phi) is 12.9. The van der Waals surface area contributed by atoms with Gasteiger partial charge in [-0.1, -0.05) is 110 Å². The molecule has 3 saturated heterocycles. The van der Waals surface area contributed by atoms with E-state index in [2.05, 4.69) is 10.0 Å². The van der Waals surface area contributed by atoms with Crippen LogP contribution in [0.3, 0.4) is 0 Å². The molecule has 12 nitrogen and oxygen atoms in total. The van der Waals surface area contributed by atoms with Crippen molar-refractivity contribution in [1.82, 2.24) is 0 Å². The Balaban J connectivity index is 1.26. The van der Waals surface area contributed by atoms with Crippen molar-refractivity contribution in [2.24, 2.45) is 5.11 Å². The zero-order valence-corrected chi connectivity index (χ0v) is 28.8. The van der Waals surface area contributed by atoms with Gasteiger partial charge in [-0.25, -0.2) is 0 Å². The van der Waals surface area contributed by atoms with Crippen molar-refractivity contribution in [3.05, 3.63) is 118 Å². The number of fused-ring (bicyclic) bond motifs is 1. The Hall–Kier alpha value is -3.39. The highest BCUT2D eigenvalue weighted by atomic mass is 16.8. The van der Waals surface area contributed by atoms with E-state index in [0.717, 1.165) is 16.7 Å². The summed E-state index contributed by atoms with van der Waals surface area (Å²) >= 11 is 0. The molecule has 0 unspecified atom stereocenters. The number of azide groups is 1. The second kappa shape index (κ2) is 17.7. The fourth-order valence-corrected chi connectivity index (χ4v) is 6.72. The van der Waals surface area contributed by atoms with Gasteiger partial charge < -0.3 is 42.6 Å². The van der Waals surface area contributed by atoms with E-state index in [-0.39, 0.29) is 13.2 Å². The minimum atomic E-state index is -0.797. The summed E-state index contributed by atoms with van der Waals surface area (Å²) in [6, 6.07) is 29.9. The lowest BCUT2D eigenvalue weighted by Crippen LogP contribution is -2.61. The fourth-order valence-electron chi connectivity index (χ4n) is 6.72. The zero-order chi connectivity index (χ0) is 34.8. The average molecular weight is 690 g/mol. The van der Waals surface area contributed by atoms with Crippen molar-refractivity contribution in [1.29, 1.82) is 0 Å². The summed E-state index contributed by atoms with van der Waals surface area (Å²) in [6.07, 6.45) is -4.31. The molecule has 0 radical (unpaired) electrons. The molecular formula is C38H47N3O9. The summed E-state index contributed by atoms with van der Waals surface area (Å²) in [4.78, 5) is 2.93. The quantitative estimate of drug-likeness (QED) is 0.0889. The first-order valence-corrected chi connectivity index (χ1v) is 17.3. The molecule has 3 aromatic carbocycles.